The first kappa shape index (κ1) is 21.9. The van der Waals surface area contributed by atoms with Crippen LogP contribution < -0.4 is 9.62 Å². The molecule has 0 aliphatic heterocycles. The molecule has 31 heavy (non-hydrogen) atoms. The van der Waals surface area contributed by atoms with E-state index < -0.39 is 33.2 Å². The molecule has 0 unspecified atom stereocenters. The Morgan fingerprint density at radius 2 is 1.68 bits per heavy atom. The number of carbonyl (C=O) groups is 1. The van der Waals surface area contributed by atoms with Gasteiger partial charge in [-0.05, 0) is 37.3 Å². The molecule has 0 radical (unpaired) electrons. The van der Waals surface area contributed by atoms with Gasteiger partial charge in [0.05, 0.1) is 26.8 Å². The fourth-order valence-corrected chi connectivity index (χ4v) is 4.40. The molecule has 1 N–H and O–H groups in total. The minimum Gasteiger partial charge on any atom is -0.324 e. The molecule has 160 valence electrons. The SMILES string of the molecule is Cc1c(NC(=O)CN(c2ccccc2F)S(=O)(=O)c2ccccc2)cccc1[N+](=O)[O-]. The Kier molecular flexibility index (Phi) is 6.30. The summed E-state index contributed by atoms with van der Waals surface area (Å²) in [4.78, 5) is 23.1. The van der Waals surface area contributed by atoms with E-state index in [-0.39, 0.29) is 27.5 Å². The van der Waals surface area contributed by atoms with Crippen LogP contribution in [0, 0.1) is 22.9 Å². The van der Waals surface area contributed by atoms with Crippen molar-refractivity contribution in [2.24, 2.45) is 0 Å². The van der Waals surface area contributed by atoms with Crippen LogP contribution in [0.1, 0.15) is 5.56 Å². The molecule has 0 saturated carbocycles. The summed E-state index contributed by atoms with van der Waals surface area (Å²) in [7, 11) is -4.27. The average Bonchev–Trinajstić information content (AvgIpc) is 2.74. The summed E-state index contributed by atoms with van der Waals surface area (Å²) < 4.78 is 41.5. The molecule has 3 aromatic carbocycles. The van der Waals surface area contributed by atoms with Crippen molar-refractivity contribution in [3.63, 3.8) is 0 Å². The van der Waals surface area contributed by atoms with Crippen LogP contribution in [0.2, 0.25) is 0 Å². The molecule has 0 aromatic heterocycles. The van der Waals surface area contributed by atoms with Gasteiger partial charge in [-0.25, -0.2) is 12.8 Å². The normalized spacial score (nSPS) is 11.0. The number of amides is 1. The second kappa shape index (κ2) is 8.92. The Balaban J connectivity index is 1.97. The zero-order chi connectivity index (χ0) is 22.6. The van der Waals surface area contributed by atoms with Crippen molar-refractivity contribution in [3.8, 4) is 0 Å². The van der Waals surface area contributed by atoms with Crippen molar-refractivity contribution in [1.29, 1.82) is 0 Å². The van der Waals surface area contributed by atoms with Gasteiger partial charge in [-0.3, -0.25) is 19.2 Å². The van der Waals surface area contributed by atoms with E-state index in [0.717, 1.165) is 6.07 Å². The van der Waals surface area contributed by atoms with Gasteiger partial charge >= 0.3 is 0 Å². The molecular formula is C21H18FN3O5S. The number of rotatable bonds is 7. The molecule has 3 rings (SSSR count). The van der Waals surface area contributed by atoms with Gasteiger partial charge in [0.25, 0.3) is 15.7 Å². The van der Waals surface area contributed by atoms with E-state index in [9.17, 15) is 27.7 Å². The Hall–Kier alpha value is -3.79. The summed E-state index contributed by atoms with van der Waals surface area (Å²) in [5.74, 6) is -1.60. The van der Waals surface area contributed by atoms with E-state index in [0.29, 0.717) is 4.31 Å². The molecule has 0 heterocycles. The quantitative estimate of drug-likeness (QED) is 0.440. The van der Waals surface area contributed by atoms with Crippen molar-refractivity contribution in [2.75, 3.05) is 16.2 Å². The second-order valence-electron chi connectivity index (χ2n) is 6.53. The van der Waals surface area contributed by atoms with Crippen LogP contribution in [-0.4, -0.2) is 25.8 Å². The van der Waals surface area contributed by atoms with Crippen LogP contribution in [0.5, 0.6) is 0 Å². The molecule has 1 amide bonds. The lowest BCUT2D eigenvalue weighted by Crippen LogP contribution is -2.38. The molecule has 0 atom stereocenters. The summed E-state index contributed by atoms with van der Waals surface area (Å²) in [6.07, 6.45) is 0. The van der Waals surface area contributed by atoms with Crippen molar-refractivity contribution < 1.29 is 22.5 Å². The zero-order valence-electron chi connectivity index (χ0n) is 16.4. The van der Waals surface area contributed by atoms with Gasteiger partial charge in [0, 0.05) is 6.07 Å². The molecule has 0 bridgehead atoms. The number of nitro benzene ring substituents is 1. The second-order valence-corrected chi connectivity index (χ2v) is 8.39. The van der Waals surface area contributed by atoms with Gasteiger partial charge in [0.2, 0.25) is 5.91 Å². The van der Waals surface area contributed by atoms with Crippen molar-refractivity contribution in [2.45, 2.75) is 11.8 Å². The first-order chi connectivity index (χ1) is 14.7. The maximum absolute atomic E-state index is 14.5. The standard InChI is InChI=1S/C21H18FN3O5S/c1-15-18(11-7-13-19(15)25(27)28)23-21(26)14-24(20-12-6-5-10-17(20)22)31(29,30)16-8-3-2-4-9-16/h2-13H,14H2,1H3,(H,23,26). The van der Waals surface area contributed by atoms with Crippen molar-refractivity contribution >= 4 is 33.0 Å². The lowest BCUT2D eigenvalue weighted by Gasteiger charge is -2.24. The number of carbonyl (C=O) groups excluding carboxylic acids is 1. The number of hydrogen-bond donors (Lipinski definition) is 1. The molecule has 3 aromatic rings. The fraction of sp³-hybridized carbons (Fsp3) is 0.0952. The highest BCUT2D eigenvalue weighted by Gasteiger charge is 2.29. The number of hydrogen-bond acceptors (Lipinski definition) is 5. The van der Waals surface area contributed by atoms with Gasteiger partial charge in [-0.15, -0.1) is 0 Å². The van der Waals surface area contributed by atoms with Crippen LogP contribution >= 0.6 is 0 Å². The van der Waals surface area contributed by atoms with E-state index in [2.05, 4.69) is 5.32 Å². The van der Waals surface area contributed by atoms with Gasteiger partial charge in [-0.2, -0.15) is 0 Å². The highest BCUT2D eigenvalue weighted by atomic mass is 32.2. The summed E-state index contributed by atoms with van der Waals surface area (Å²) in [5.41, 5.74) is -0.119. The van der Waals surface area contributed by atoms with Crippen LogP contribution in [0.25, 0.3) is 0 Å². The zero-order valence-corrected chi connectivity index (χ0v) is 17.2. The molecule has 0 fully saturated rings. The third-order valence-electron chi connectivity index (χ3n) is 4.52. The minimum atomic E-state index is -4.27. The summed E-state index contributed by atoms with van der Waals surface area (Å²) in [6.45, 7) is 0.726. The van der Waals surface area contributed by atoms with E-state index in [1.54, 1.807) is 6.07 Å². The Morgan fingerprint density at radius 1 is 1.03 bits per heavy atom. The number of nitrogens with zero attached hydrogens (tertiary/aromatic N) is 2. The minimum absolute atomic E-state index is 0.113. The highest BCUT2D eigenvalue weighted by molar-refractivity contribution is 7.92. The van der Waals surface area contributed by atoms with Gasteiger partial charge < -0.3 is 5.32 Å². The monoisotopic (exact) mass is 443 g/mol. The highest BCUT2D eigenvalue weighted by Crippen LogP contribution is 2.28. The summed E-state index contributed by atoms with van der Waals surface area (Å²) in [6, 6.07) is 16.7. The maximum atomic E-state index is 14.5. The fourth-order valence-electron chi connectivity index (χ4n) is 2.95. The number of anilines is 2. The Morgan fingerprint density at radius 3 is 2.32 bits per heavy atom. The van der Waals surface area contributed by atoms with Crippen LogP contribution in [0.4, 0.5) is 21.5 Å². The van der Waals surface area contributed by atoms with Crippen molar-refractivity contribution in [1.82, 2.24) is 0 Å². The molecule has 0 aliphatic rings. The summed E-state index contributed by atoms with van der Waals surface area (Å²) >= 11 is 0. The maximum Gasteiger partial charge on any atom is 0.274 e. The van der Waals surface area contributed by atoms with Gasteiger partial charge in [0.15, 0.2) is 0 Å². The predicted molar refractivity (Wildman–Crippen MR) is 114 cm³/mol. The lowest BCUT2D eigenvalue weighted by molar-refractivity contribution is -0.385. The van der Waals surface area contributed by atoms with Crippen LogP contribution in [-0.2, 0) is 14.8 Å². The van der Waals surface area contributed by atoms with E-state index in [1.807, 2.05) is 0 Å². The van der Waals surface area contributed by atoms with E-state index in [1.165, 1.54) is 67.6 Å². The molecule has 0 saturated heterocycles. The molecule has 8 nitrogen and oxygen atoms in total. The van der Waals surface area contributed by atoms with E-state index >= 15 is 0 Å². The summed E-state index contributed by atoms with van der Waals surface area (Å²) in [5, 5.41) is 13.6. The number of nitrogens with one attached hydrogen (secondary N) is 1. The first-order valence-corrected chi connectivity index (χ1v) is 10.5. The number of para-hydroxylation sites is 1. The van der Waals surface area contributed by atoms with Gasteiger partial charge in [-0.1, -0.05) is 36.4 Å². The van der Waals surface area contributed by atoms with Gasteiger partial charge in [0.1, 0.15) is 12.4 Å². The van der Waals surface area contributed by atoms with Crippen LogP contribution in [0.3, 0.4) is 0 Å². The molecular weight excluding hydrogens is 425 g/mol. The average molecular weight is 443 g/mol. The van der Waals surface area contributed by atoms with Crippen molar-refractivity contribution in [3.05, 3.63) is 94.3 Å². The number of halogens is 1. The van der Waals surface area contributed by atoms with E-state index in [4.69, 9.17) is 0 Å². The Labute approximate surface area is 178 Å². The third-order valence-corrected chi connectivity index (χ3v) is 6.29. The smallest absolute Gasteiger partial charge is 0.274 e. The first-order valence-electron chi connectivity index (χ1n) is 9.08. The molecule has 10 heteroatoms. The Bertz CT molecular complexity index is 1230. The van der Waals surface area contributed by atoms with Crippen LogP contribution in [0.15, 0.2) is 77.7 Å². The number of benzene rings is 3. The largest absolute Gasteiger partial charge is 0.324 e. The third kappa shape index (κ3) is 4.69. The topological polar surface area (TPSA) is 110 Å². The molecule has 0 aliphatic carbocycles. The lowest BCUT2D eigenvalue weighted by atomic mass is 10.1. The predicted octanol–water partition coefficient (Wildman–Crippen LogP) is 3.88. The number of nitro groups is 1. The number of sulfonamides is 1. The molecule has 0 spiro atoms.